The van der Waals surface area contributed by atoms with Crippen LogP contribution in [-0.4, -0.2) is 0 Å². The molecule has 0 aliphatic carbocycles. The maximum absolute atomic E-state index is 3.24. The van der Waals surface area contributed by atoms with Gasteiger partial charge < -0.3 is 0 Å². The summed E-state index contributed by atoms with van der Waals surface area (Å²) in [4.78, 5) is 0. The van der Waals surface area contributed by atoms with E-state index >= 15 is 0 Å². The maximum Gasteiger partial charge on any atom is 0.0123 e. The van der Waals surface area contributed by atoms with Crippen molar-refractivity contribution in [3.8, 4) is 11.8 Å². The molecule has 0 radical (unpaired) electrons. The summed E-state index contributed by atoms with van der Waals surface area (Å²) in [7, 11) is 0. The monoisotopic (exact) mass is 192 g/mol. The van der Waals surface area contributed by atoms with E-state index in [0.717, 1.165) is 19.3 Å². The fourth-order valence-electron chi connectivity index (χ4n) is 1.25. The Bertz CT molecular complexity index is 196. The second-order valence-electron chi connectivity index (χ2n) is 3.98. The van der Waals surface area contributed by atoms with Crippen LogP contribution in [-0.2, 0) is 0 Å². The minimum absolute atomic E-state index is 1.03. The van der Waals surface area contributed by atoms with Gasteiger partial charge in [0.05, 0.1) is 0 Å². The molecule has 0 saturated heterocycles. The molecule has 0 heteroatoms. The van der Waals surface area contributed by atoms with Crippen molar-refractivity contribution >= 4 is 0 Å². The minimum atomic E-state index is 1.03. The molecular formula is C14H24. The van der Waals surface area contributed by atoms with E-state index in [1.807, 2.05) is 0 Å². The first kappa shape index (κ1) is 13.3. The molecule has 0 N–H and O–H groups in total. The van der Waals surface area contributed by atoms with E-state index in [1.54, 1.807) is 0 Å². The van der Waals surface area contributed by atoms with E-state index in [9.17, 15) is 0 Å². The molecule has 0 aromatic carbocycles. The molecule has 0 aromatic rings. The van der Waals surface area contributed by atoms with Crippen LogP contribution < -0.4 is 0 Å². The zero-order valence-electron chi connectivity index (χ0n) is 10.0. The van der Waals surface area contributed by atoms with Crippen molar-refractivity contribution < 1.29 is 0 Å². The number of hydrogen-bond acceptors (Lipinski definition) is 0. The van der Waals surface area contributed by atoms with Crippen LogP contribution in [0.15, 0.2) is 11.6 Å². The molecule has 0 bridgehead atoms. The average molecular weight is 192 g/mol. The molecule has 0 spiro atoms. The summed E-state index contributed by atoms with van der Waals surface area (Å²) < 4.78 is 0. The molecular weight excluding hydrogens is 168 g/mol. The first-order valence-electron chi connectivity index (χ1n) is 5.86. The molecule has 0 unspecified atom stereocenters. The highest BCUT2D eigenvalue weighted by atomic mass is 13.9. The van der Waals surface area contributed by atoms with E-state index in [1.165, 1.54) is 31.3 Å². The highest BCUT2D eigenvalue weighted by molar-refractivity contribution is 5.02. The average Bonchev–Trinajstić information content (AvgIpc) is 2.15. The van der Waals surface area contributed by atoms with Gasteiger partial charge in [0.25, 0.3) is 0 Å². The van der Waals surface area contributed by atoms with Gasteiger partial charge in [-0.15, -0.1) is 11.8 Å². The Morgan fingerprint density at radius 3 is 2.36 bits per heavy atom. The summed E-state index contributed by atoms with van der Waals surface area (Å²) in [6.45, 7) is 6.52. The van der Waals surface area contributed by atoms with E-state index in [0.29, 0.717) is 0 Å². The summed E-state index contributed by atoms with van der Waals surface area (Å²) in [5, 5.41) is 0. The van der Waals surface area contributed by atoms with Gasteiger partial charge in [0.2, 0.25) is 0 Å². The van der Waals surface area contributed by atoms with Crippen LogP contribution in [0.4, 0.5) is 0 Å². The molecule has 0 aliphatic rings. The smallest absolute Gasteiger partial charge is 0.0123 e. The second kappa shape index (κ2) is 10.4. The Kier molecular flexibility index (Phi) is 9.86. The van der Waals surface area contributed by atoms with Gasteiger partial charge in [0, 0.05) is 12.8 Å². The lowest BCUT2D eigenvalue weighted by molar-refractivity contribution is 0.679. The van der Waals surface area contributed by atoms with Crippen molar-refractivity contribution in [2.75, 3.05) is 0 Å². The fraction of sp³-hybridized carbons (Fsp3) is 0.714. The quantitative estimate of drug-likeness (QED) is 0.325. The number of allylic oxidation sites excluding steroid dienone is 2. The molecule has 0 heterocycles. The third-order valence-corrected chi connectivity index (χ3v) is 2.10. The third kappa shape index (κ3) is 11.3. The molecule has 0 fully saturated rings. The lowest BCUT2D eigenvalue weighted by Gasteiger charge is -1.92. The first-order chi connectivity index (χ1) is 6.77. The highest BCUT2D eigenvalue weighted by Gasteiger charge is 1.83. The summed E-state index contributed by atoms with van der Waals surface area (Å²) in [6, 6.07) is 0. The van der Waals surface area contributed by atoms with Gasteiger partial charge in [-0.3, -0.25) is 0 Å². The second-order valence-corrected chi connectivity index (χ2v) is 3.98. The minimum Gasteiger partial charge on any atom is -0.103 e. The molecule has 0 amide bonds. The predicted molar refractivity (Wildman–Crippen MR) is 65.2 cm³/mol. The molecule has 0 nitrogen and oxygen atoms in total. The van der Waals surface area contributed by atoms with Gasteiger partial charge in [-0.2, -0.15) is 0 Å². The Hall–Kier alpha value is -0.700. The van der Waals surface area contributed by atoms with Crippen LogP contribution in [0.1, 0.15) is 65.7 Å². The lowest BCUT2D eigenvalue weighted by atomic mass is 10.1. The van der Waals surface area contributed by atoms with E-state index in [2.05, 4.69) is 38.7 Å². The predicted octanol–water partition coefficient (Wildman–Crippen LogP) is 4.71. The van der Waals surface area contributed by atoms with E-state index in [4.69, 9.17) is 0 Å². The van der Waals surface area contributed by atoms with E-state index in [-0.39, 0.29) is 0 Å². The first-order valence-corrected chi connectivity index (χ1v) is 5.86. The van der Waals surface area contributed by atoms with Crippen LogP contribution in [0.25, 0.3) is 0 Å². The summed E-state index contributed by atoms with van der Waals surface area (Å²) in [6.07, 6.45) is 10.8. The van der Waals surface area contributed by atoms with Crippen molar-refractivity contribution in [1.82, 2.24) is 0 Å². The molecule has 0 aliphatic heterocycles. The number of unbranched alkanes of at least 4 members (excludes halogenated alkanes) is 5. The topological polar surface area (TPSA) is 0 Å². The fourth-order valence-corrected chi connectivity index (χ4v) is 1.25. The molecule has 14 heavy (non-hydrogen) atoms. The zero-order chi connectivity index (χ0) is 10.6. The Balaban J connectivity index is 3.23. The van der Waals surface area contributed by atoms with Gasteiger partial charge in [-0.1, -0.05) is 37.8 Å². The number of rotatable bonds is 6. The van der Waals surface area contributed by atoms with E-state index < -0.39 is 0 Å². The number of hydrogen-bond donors (Lipinski definition) is 0. The largest absolute Gasteiger partial charge is 0.103 e. The zero-order valence-corrected chi connectivity index (χ0v) is 10.0. The Morgan fingerprint density at radius 2 is 1.71 bits per heavy atom. The van der Waals surface area contributed by atoms with Crippen LogP contribution in [0.2, 0.25) is 0 Å². The van der Waals surface area contributed by atoms with Crippen molar-refractivity contribution in [3.63, 3.8) is 0 Å². The summed E-state index contributed by atoms with van der Waals surface area (Å²) in [5.41, 5.74) is 1.40. The lowest BCUT2D eigenvalue weighted by Crippen LogP contribution is -1.74. The van der Waals surface area contributed by atoms with Gasteiger partial charge in [-0.05, 0) is 26.7 Å². The van der Waals surface area contributed by atoms with Crippen molar-refractivity contribution in [3.05, 3.63) is 11.6 Å². The SMILES string of the molecule is CCCCCCC#CCCC=C(C)C. The molecule has 0 aromatic heterocycles. The van der Waals surface area contributed by atoms with Crippen LogP contribution >= 0.6 is 0 Å². The summed E-state index contributed by atoms with van der Waals surface area (Å²) in [5.74, 6) is 6.46. The van der Waals surface area contributed by atoms with Crippen LogP contribution in [0, 0.1) is 11.8 Å². The maximum atomic E-state index is 3.24. The molecule has 0 rings (SSSR count). The van der Waals surface area contributed by atoms with Crippen molar-refractivity contribution in [2.24, 2.45) is 0 Å². The van der Waals surface area contributed by atoms with Gasteiger partial charge in [0.1, 0.15) is 0 Å². The van der Waals surface area contributed by atoms with Gasteiger partial charge in [-0.25, -0.2) is 0 Å². The molecule has 80 valence electrons. The standard InChI is InChI=1S/C14H24/c1-4-5-6-7-8-9-10-11-12-13-14(2)3/h13H,4-8,11-12H2,1-3H3. The van der Waals surface area contributed by atoms with Crippen LogP contribution in [0.3, 0.4) is 0 Å². The Labute approximate surface area is 89.8 Å². The normalized spacial score (nSPS) is 9.07. The highest BCUT2D eigenvalue weighted by Crippen LogP contribution is 2.01. The Morgan fingerprint density at radius 1 is 1.00 bits per heavy atom. The van der Waals surface area contributed by atoms with Crippen molar-refractivity contribution in [2.45, 2.75) is 65.7 Å². The third-order valence-electron chi connectivity index (χ3n) is 2.10. The summed E-state index contributed by atoms with van der Waals surface area (Å²) >= 11 is 0. The van der Waals surface area contributed by atoms with Crippen molar-refractivity contribution in [1.29, 1.82) is 0 Å². The van der Waals surface area contributed by atoms with Gasteiger partial charge in [0.15, 0.2) is 0 Å². The molecule has 0 atom stereocenters. The van der Waals surface area contributed by atoms with Crippen LogP contribution in [0.5, 0.6) is 0 Å². The molecule has 0 saturated carbocycles. The van der Waals surface area contributed by atoms with Gasteiger partial charge >= 0.3 is 0 Å².